The number of hydrogen-bond acceptors (Lipinski definition) is 2. The monoisotopic (exact) mass is 528 g/mol. The summed E-state index contributed by atoms with van der Waals surface area (Å²) in [5.74, 6) is -2.89. The van der Waals surface area contributed by atoms with Crippen LogP contribution < -0.4 is 5.32 Å². The molecule has 0 aliphatic carbocycles. The molecule has 0 aliphatic rings. The average Bonchev–Trinajstić information content (AvgIpc) is 3.23. The lowest BCUT2D eigenvalue weighted by Gasteiger charge is -2.23. The standard InChI is InChI=1S/C29H28ClF3N2O2/c1-2-3-4-5-8-15-35(29(36)34-28-23(32)16-21(31)17-24(28)33)18-26-27(19-11-13-20(30)14-12-19)22-9-6-7-10-25(22)37-26/h6-7,9-14,16-17H,2-5,8,15,18H2,1H3,(H,34,36). The number of para-hydroxylation sites is 1. The fraction of sp³-hybridized carbons (Fsp3) is 0.276. The molecule has 0 aliphatic heterocycles. The number of carbonyl (C=O) groups excluding carboxylic acids is 1. The predicted octanol–water partition coefficient (Wildman–Crippen LogP) is 9.18. The second kappa shape index (κ2) is 12.2. The number of benzene rings is 3. The Morgan fingerprint density at radius 1 is 0.946 bits per heavy atom. The summed E-state index contributed by atoms with van der Waals surface area (Å²) in [7, 11) is 0. The van der Waals surface area contributed by atoms with Crippen LogP contribution in [-0.4, -0.2) is 17.5 Å². The minimum Gasteiger partial charge on any atom is -0.459 e. The first kappa shape index (κ1) is 26.6. The first-order valence-corrected chi connectivity index (χ1v) is 12.7. The van der Waals surface area contributed by atoms with Gasteiger partial charge in [-0.3, -0.25) is 0 Å². The fourth-order valence-electron chi connectivity index (χ4n) is 4.32. The van der Waals surface area contributed by atoms with Crippen molar-refractivity contribution in [3.63, 3.8) is 0 Å². The number of amides is 2. The summed E-state index contributed by atoms with van der Waals surface area (Å²) < 4.78 is 48.1. The lowest BCUT2D eigenvalue weighted by molar-refractivity contribution is 0.203. The Morgan fingerprint density at radius 3 is 2.32 bits per heavy atom. The average molecular weight is 529 g/mol. The second-order valence-electron chi connectivity index (χ2n) is 8.91. The molecule has 4 aromatic rings. The second-order valence-corrected chi connectivity index (χ2v) is 9.35. The number of nitrogens with one attached hydrogen (secondary N) is 1. The number of fused-ring (bicyclic) bond motifs is 1. The van der Waals surface area contributed by atoms with Crippen LogP contribution in [0.1, 0.15) is 44.8 Å². The number of furan rings is 1. The molecule has 3 aromatic carbocycles. The summed E-state index contributed by atoms with van der Waals surface area (Å²) in [6.45, 7) is 2.53. The van der Waals surface area contributed by atoms with Crippen molar-refractivity contribution in [2.24, 2.45) is 0 Å². The molecule has 194 valence electrons. The summed E-state index contributed by atoms with van der Waals surface area (Å²) in [6.07, 6.45) is 4.80. The van der Waals surface area contributed by atoms with E-state index in [4.69, 9.17) is 16.0 Å². The summed E-state index contributed by atoms with van der Waals surface area (Å²) in [5.41, 5.74) is 1.64. The Bertz CT molecular complexity index is 1350. The molecule has 2 amide bonds. The van der Waals surface area contributed by atoms with Gasteiger partial charge in [0, 0.05) is 34.6 Å². The molecule has 1 heterocycles. The third kappa shape index (κ3) is 6.46. The van der Waals surface area contributed by atoms with E-state index >= 15 is 0 Å². The largest absolute Gasteiger partial charge is 0.459 e. The van der Waals surface area contributed by atoms with Gasteiger partial charge in [0.2, 0.25) is 0 Å². The van der Waals surface area contributed by atoms with Gasteiger partial charge in [-0.05, 0) is 30.2 Å². The van der Waals surface area contributed by atoms with Gasteiger partial charge < -0.3 is 14.6 Å². The molecule has 1 N–H and O–H groups in total. The van der Waals surface area contributed by atoms with Crippen LogP contribution in [0.15, 0.2) is 65.1 Å². The third-order valence-corrected chi connectivity index (χ3v) is 6.45. The van der Waals surface area contributed by atoms with Crippen molar-refractivity contribution in [2.45, 2.75) is 45.6 Å². The first-order chi connectivity index (χ1) is 17.9. The summed E-state index contributed by atoms with van der Waals surface area (Å²) in [4.78, 5) is 14.7. The van der Waals surface area contributed by atoms with Crippen LogP contribution in [0.25, 0.3) is 22.1 Å². The molecule has 4 rings (SSSR count). The van der Waals surface area contributed by atoms with Crippen molar-refractivity contribution in [2.75, 3.05) is 11.9 Å². The van der Waals surface area contributed by atoms with Crippen molar-refractivity contribution >= 4 is 34.3 Å². The quantitative estimate of drug-likeness (QED) is 0.208. The molecule has 0 atom stereocenters. The number of halogens is 4. The molecule has 1 aromatic heterocycles. The molecule has 8 heteroatoms. The van der Waals surface area contributed by atoms with Crippen LogP contribution in [0.3, 0.4) is 0 Å². The number of rotatable bonds is 10. The Labute approximate surface area is 219 Å². The van der Waals surface area contributed by atoms with Crippen molar-refractivity contribution in [3.8, 4) is 11.1 Å². The highest BCUT2D eigenvalue weighted by molar-refractivity contribution is 6.30. The maximum Gasteiger partial charge on any atom is 0.322 e. The van der Waals surface area contributed by atoms with Crippen molar-refractivity contribution in [3.05, 3.63) is 88.9 Å². The van der Waals surface area contributed by atoms with Crippen LogP contribution in [-0.2, 0) is 6.54 Å². The molecule has 0 fully saturated rings. The van der Waals surface area contributed by atoms with E-state index in [1.165, 1.54) is 4.90 Å². The minimum absolute atomic E-state index is 0.0662. The van der Waals surface area contributed by atoms with E-state index in [1.54, 1.807) is 12.1 Å². The highest BCUT2D eigenvalue weighted by atomic mass is 35.5. The van der Waals surface area contributed by atoms with Gasteiger partial charge in [0.15, 0.2) is 11.6 Å². The van der Waals surface area contributed by atoms with Crippen LogP contribution >= 0.6 is 11.6 Å². The molecular weight excluding hydrogens is 501 g/mol. The van der Waals surface area contributed by atoms with Gasteiger partial charge in [-0.2, -0.15) is 0 Å². The molecule has 0 saturated carbocycles. The predicted molar refractivity (Wildman–Crippen MR) is 141 cm³/mol. The molecular formula is C29H28ClF3N2O2. The number of urea groups is 1. The highest BCUT2D eigenvalue weighted by Crippen LogP contribution is 2.36. The lowest BCUT2D eigenvalue weighted by Crippen LogP contribution is -2.36. The van der Waals surface area contributed by atoms with E-state index in [-0.39, 0.29) is 6.54 Å². The lowest BCUT2D eigenvalue weighted by atomic mass is 10.0. The SMILES string of the molecule is CCCCCCCN(Cc1oc2ccccc2c1-c1ccc(Cl)cc1)C(=O)Nc1c(F)cc(F)cc1F. The Balaban J connectivity index is 1.66. The third-order valence-electron chi connectivity index (χ3n) is 6.19. The van der Waals surface area contributed by atoms with Gasteiger partial charge in [-0.25, -0.2) is 18.0 Å². The van der Waals surface area contributed by atoms with Crippen LogP contribution in [0.2, 0.25) is 5.02 Å². The van der Waals surface area contributed by atoms with E-state index in [1.807, 2.05) is 36.4 Å². The number of nitrogens with zero attached hydrogens (tertiary/aromatic N) is 1. The van der Waals surface area contributed by atoms with Crippen LogP contribution in [0.5, 0.6) is 0 Å². The smallest absolute Gasteiger partial charge is 0.322 e. The fourth-order valence-corrected chi connectivity index (χ4v) is 4.45. The number of carbonyl (C=O) groups is 1. The molecule has 0 saturated heterocycles. The van der Waals surface area contributed by atoms with E-state index in [0.29, 0.717) is 41.5 Å². The van der Waals surface area contributed by atoms with E-state index in [9.17, 15) is 18.0 Å². The minimum atomic E-state index is -1.18. The van der Waals surface area contributed by atoms with Crippen molar-refractivity contribution in [1.29, 1.82) is 0 Å². The zero-order chi connectivity index (χ0) is 26.4. The van der Waals surface area contributed by atoms with Gasteiger partial charge in [-0.15, -0.1) is 0 Å². The van der Waals surface area contributed by atoms with Crippen molar-refractivity contribution < 1.29 is 22.4 Å². The summed E-state index contributed by atoms with van der Waals surface area (Å²) >= 11 is 6.09. The van der Waals surface area contributed by atoms with Gasteiger partial charge in [0.05, 0.1) is 6.54 Å². The van der Waals surface area contributed by atoms with Crippen LogP contribution in [0, 0.1) is 17.5 Å². The van der Waals surface area contributed by atoms with E-state index in [0.717, 1.165) is 42.2 Å². The Morgan fingerprint density at radius 2 is 1.62 bits per heavy atom. The van der Waals surface area contributed by atoms with Gasteiger partial charge in [-0.1, -0.05) is 74.5 Å². The van der Waals surface area contributed by atoms with Crippen LogP contribution in [0.4, 0.5) is 23.7 Å². The first-order valence-electron chi connectivity index (χ1n) is 12.3. The number of hydrogen-bond donors (Lipinski definition) is 1. The number of anilines is 1. The zero-order valence-electron chi connectivity index (χ0n) is 20.5. The Hall–Kier alpha value is -3.45. The van der Waals surface area contributed by atoms with Gasteiger partial charge >= 0.3 is 6.03 Å². The summed E-state index contributed by atoms with van der Waals surface area (Å²) in [5, 5.41) is 3.76. The normalized spacial score (nSPS) is 11.2. The Kier molecular flexibility index (Phi) is 8.77. The molecule has 0 radical (unpaired) electrons. The number of unbranched alkanes of at least 4 members (excludes halogenated alkanes) is 4. The molecule has 37 heavy (non-hydrogen) atoms. The van der Waals surface area contributed by atoms with Gasteiger partial charge in [0.1, 0.15) is 22.8 Å². The molecule has 0 unspecified atom stereocenters. The highest BCUT2D eigenvalue weighted by Gasteiger charge is 2.23. The zero-order valence-corrected chi connectivity index (χ0v) is 21.3. The van der Waals surface area contributed by atoms with E-state index < -0.39 is 29.2 Å². The molecule has 0 bridgehead atoms. The van der Waals surface area contributed by atoms with E-state index in [2.05, 4.69) is 12.2 Å². The molecule has 0 spiro atoms. The topological polar surface area (TPSA) is 45.5 Å². The summed E-state index contributed by atoms with van der Waals surface area (Å²) in [6, 6.07) is 15.2. The maximum atomic E-state index is 14.3. The molecule has 4 nitrogen and oxygen atoms in total. The van der Waals surface area contributed by atoms with Crippen molar-refractivity contribution in [1.82, 2.24) is 4.90 Å². The maximum absolute atomic E-state index is 14.3. The van der Waals surface area contributed by atoms with Gasteiger partial charge in [0.25, 0.3) is 0 Å².